The molecule has 0 fully saturated rings. The molecule has 0 saturated heterocycles. The summed E-state index contributed by atoms with van der Waals surface area (Å²) in [5.74, 6) is -15.3. The number of hydrogen-bond donors (Lipinski definition) is 2. The van der Waals surface area contributed by atoms with Gasteiger partial charge in [-0.3, -0.25) is 0 Å². The van der Waals surface area contributed by atoms with Crippen molar-refractivity contribution >= 4 is 11.7 Å². The van der Waals surface area contributed by atoms with E-state index in [1.54, 1.807) is 12.1 Å². The number of carboxylic acid groups (broad SMARTS) is 1. The molecule has 1 aromatic rings. The first kappa shape index (κ1) is 32.7. The highest BCUT2D eigenvalue weighted by molar-refractivity contribution is 5.87. The topological polar surface area (TPSA) is 49.3 Å². The molecule has 0 saturated carbocycles. The molecule has 1 aromatic carbocycles. The minimum absolute atomic E-state index is 0.163. The number of nitrogens with one attached hydrogen (secondary N) is 1. The predicted molar refractivity (Wildman–Crippen MR) is 114 cm³/mol. The molecular formula is C23H28F11NO2. The zero-order valence-corrected chi connectivity index (χ0v) is 19.6. The zero-order valence-electron chi connectivity index (χ0n) is 19.6. The molecule has 0 heterocycles. The minimum atomic E-state index is -7.20. The Morgan fingerprint density at radius 1 is 0.622 bits per heavy atom. The molecule has 0 aliphatic carbocycles. The van der Waals surface area contributed by atoms with Crippen molar-refractivity contribution < 1.29 is 58.2 Å². The van der Waals surface area contributed by atoms with E-state index < -0.39 is 48.7 Å². The number of alkyl halides is 11. The van der Waals surface area contributed by atoms with E-state index >= 15 is 0 Å². The summed E-state index contributed by atoms with van der Waals surface area (Å²) >= 11 is 0. The molecule has 14 heteroatoms. The first-order chi connectivity index (χ1) is 16.9. The lowest BCUT2D eigenvalue weighted by molar-refractivity contribution is -0.412. The molecule has 1 atom stereocenters. The van der Waals surface area contributed by atoms with Gasteiger partial charge in [-0.15, -0.1) is 0 Å². The lowest BCUT2D eigenvalue weighted by atomic mass is 9.86. The molecule has 0 aliphatic heterocycles. The van der Waals surface area contributed by atoms with Gasteiger partial charge in [0.05, 0.1) is 5.56 Å². The van der Waals surface area contributed by atoms with Crippen molar-refractivity contribution in [2.24, 2.45) is 0 Å². The van der Waals surface area contributed by atoms with Crippen LogP contribution < -0.4 is 5.32 Å². The van der Waals surface area contributed by atoms with E-state index in [1.165, 1.54) is 12.1 Å². The fourth-order valence-corrected chi connectivity index (χ4v) is 3.60. The second kappa shape index (κ2) is 13.0. The molecule has 0 radical (unpaired) electrons. The highest BCUT2D eigenvalue weighted by Gasteiger charge is 2.85. The monoisotopic (exact) mass is 559 g/mol. The number of aromatic carboxylic acids is 1. The summed E-state index contributed by atoms with van der Waals surface area (Å²) in [7, 11) is 0. The number of anilines is 1. The highest BCUT2D eigenvalue weighted by atomic mass is 19.4. The van der Waals surface area contributed by atoms with Crippen LogP contribution in [0, 0.1) is 0 Å². The van der Waals surface area contributed by atoms with Gasteiger partial charge in [0.2, 0.25) is 0 Å². The smallest absolute Gasteiger partial charge is 0.460 e. The number of hydrogen-bond acceptors (Lipinski definition) is 2. The van der Waals surface area contributed by atoms with Gasteiger partial charge in [-0.2, -0.15) is 43.9 Å². The Bertz CT molecular complexity index is 839. The third kappa shape index (κ3) is 8.36. The molecule has 0 aliphatic rings. The lowest BCUT2D eigenvalue weighted by Crippen LogP contribution is -2.67. The van der Waals surface area contributed by atoms with Crippen LogP contribution in [0.15, 0.2) is 24.3 Å². The van der Waals surface area contributed by atoms with Gasteiger partial charge in [0.1, 0.15) is 0 Å². The minimum Gasteiger partial charge on any atom is -0.478 e. The van der Waals surface area contributed by atoms with Crippen molar-refractivity contribution in [2.45, 2.75) is 94.1 Å². The third-order valence-corrected chi connectivity index (χ3v) is 5.86. The van der Waals surface area contributed by atoms with E-state index in [4.69, 9.17) is 5.11 Å². The van der Waals surface area contributed by atoms with Gasteiger partial charge in [0, 0.05) is 12.2 Å². The Morgan fingerprint density at radius 2 is 1.05 bits per heavy atom. The fraction of sp³-hybridized carbons (Fsp3) is 0.696. The SMILES string of the molecule is O=C(O)c1ccc(NCCCCCCCCCCCC(F)(C(F)(F)F)C(F)(F)C(F)(F)C(F)(F)F)cc1. The Morgan fingerprint density at radius 3 is 1.46 bits per heavy atom. The van der Waals surface area contributed by atoms with Crippen LogP contribution in [0.5, 0.6) is 0 Å². The predicted octanol–water partition coefficient (Wildman–Crippen LogP) is 8.80. The third-order valence-electron chi connectivity index (χ3n) is 5.86. The molecule has 214 valence electrons. The molecule has 3 nitrogen and oxygen atoms in total. The van der Waals surface area contributed by atoms with E-state index in [2.05, 4.69) is 5.32 Å². The molecule has 37 heavy (non-hydrogen) atoms. The second-order valence-electron chi connectivity index (χ2n) is 8.69. The average Bonchev–Trinajstić information content (AvgIpc) is 2.78. The Labute approximate surface area is 206 Å². The van der Waals surface area contributed by atoms with Crippen molar-refractivity contribution in [2.75, 3.05) is 11.9 Å². The van der Waals surface area contributed by atoms with Gasteiger partial charge in [0.25, 0.3) is 5.67 Å². The first-order valence-corrected chi connectivity index (χ1v) is 11.5. The number of carboxylic acids is 1. The van der Waals surface area contributed by atoms with Crippen molar-refractivity contribution in [1.82, 2.24) is 0 Å². The Balaban J connectivity index is 2.30. The average molecular weight is 559 g/mol. The first-order valence-electron chi connectivity index (χ1n) is 11.5. The molecule has 1 rings (SSSR count). The van der Waals surface area contributed by atoms with Crippen LogP contribution in [0.25, 0.3) is 0 Å². The lowest BCUT2D eigenvalue weighted by Gasteiger charge is -2.39. The normalized spacial score (nSPS) is 14.9. The van der Waals surface area contributed by atoms with Crippen molar-refractivity contribution in [3.8, 4) is 0 Å². The molecule has 1 unspecified atom stereocenters. The summed E-state index contributed by atoms with van der Waals surface area (Å²) in [6, 6.07) is 6.19. The van der Waals surface area contributed by atoms with Gasteiger partial charge in [-0.25, -0.2) is 9.18 Å². The quantitative estimate of drug-likeness (QED) is 0.157. The van der Waals surface area contributed by atoms with Crippen LogP contribution in [-0.4, -0.2) is 47.5 Å². The maximum atomic E-state index is 14.2. The van der Waals surface area contributed by atoms with Crippen LogP contribution in [0.2, 0.25) is 0 Å². The summed E-state index contributed by atoms with van der Waals surface area (Å²) in [5.41, 5.74) is -5.12. The summed E-state index contributed by atoms with van der Waals surface area (Å²) in [6.07, 6.45) is -12.7. The van der Waals surface area contributed by atoms with Crippen molar-refractivity contribution in [1.29, 1.82) is 0 Å². The molecule has 2 N–H and O–H groups in total. The summed E-state index contributed by atoms with van der Waals surface area (Å²) in [4.78, 5) is 10.8. The molecule has 0 bridgehead atoms. The fourth-order valence-electron chi connectivity index (χ4n) is 3.60. The number of unbranched alkanes of at least 4 members (excludes halogenated alkanes) is 8. The van der Waals surface area contributed by atoms with Crippen molar-refractivity contribution in [3.63, 3.8) is 0 Å². The Kier molecular flexibility index (Phi) is 11.5. The van der Waals surface area contributed by atoms with E-state index in [0.29, 0.717) is 19.4 Å². The number of rotatable bonds is 16. The van der Waals surface area contributed by atoms with Crippen LogP contribution in [0.3, 0.4) is 0 Å². The van der Waals surface area contributed by atoms with Gasteiger partial charge in [0.15, 0.2) is 0 Å². The number of halogens is 11. The second-order valence-corrected chi connectivity index (χ2v) is 8.69. The molecular weight excluding hydrogens is 531 g/mol. The van der Waals surface area contributed by atoms with E-state index in [0.717, 1.165) is 31.4 Å². The van der Waals surface area contributed by atoms with Crippen LogP contribution >= 0.6 is 0 Å². The highest BCUT2D eigenvalue weighted by Crippen LogP contribution is 2.58. The summed E-state index contributed by atoms with van der Waals surface area (Å²) in [6.45, 7) is 0.634. The van der Waals surface area contributed by atoms with Crippen LogP contribution in [0.4, 0.5) is 54.0 Å². The maximum Gasteiger partial charge on any atom is 0.460 e. The largest absolute Gasteiger partial charge is 0.478 e. The number of benzene rings is 1. The zero-order chi connectivity index (χ0) is 28.5. The van der Waals surface area contributed by atoms with Crippen LogP contribution in [-0.2, 0) is 0 Å². The molecule has 0 spiro atoms. The maximum absolute atomic E-state index is 14.2. The van der Waals surface area contributed by atoms with Gasteiger partial charge >= 0.3 is 30.2 Å². The summed E-state index contributed by atoms with van der Waals surface area (Å²) < 4.78 is 143. The standard InChI is InChI=1S/C23H28F11NO2/c24-19(22(29,30)31,20(25,26)21(27,28)23(32,33)34)14-8-6-4-2-1-3-5-7-9-15-35-17-12-10-16(11-13-17)18(36)37/h10-13,35H,1-9,14-15H2,(H,36,37). The summed E-state index contributed by atoms with van der Waals surface area (Å²) in [5, 5.41) is 12.0. The van der Waals surface area contributed by atoms with E-state index in [9.17, 15) is 53.1 Å². The van der Waals surface area contributed by atoms with E-state index in [1.807, 2.05) is 0 Å². The van der Waals surface area contributed by atoms with Crippen molar-refractivity contribution in [3.05, 3.63) is 29.8 Å². The molecule has 0 aromatic heterocycles. The van der Waals surface area contributed by atoms with E-state index in [-0.39, 0.29) is 18.4 Å². The van der Waals surface area contributed by atoms with Gasteiger partial charge in [-0.05, 0) is 43.5 Å². The van der Waals surface area contributed by atoms with Gasteiger partial charge in [-0.1, -0.05) is 44.9 Å². The van der Waals surface area contributed by atoms with Crippen LogP contribution in [0.1, 0.15) is 74.6 Å². The number of carbonyl (C=O) groups is 1. The Hall–Kier alpha value is -2.28. The van der Waals surface area contributed by atoms with Gasteiger partial charge < -0.3 is 10.4 Å². The molecule has 0 amide bonds.